The van der Waals surface area contributed by atoms with Crippen molar-refractivity contribution in [2.24, 2.45) is 0 Å². The summed E-state index contributed by atoms with van der Waals surface area (Å²) in [4.78, 5) is 25.9. The molecule has 4 nitrogen and oxygen atoms in total. The van der Waals surface area contributed by atoms with Crippen LogP contribution in [-0.4, -0.2) is 18.0 Å². The van der Waals surface area contributed by atoms with Crippen molar-refractivity contribution >= 4 is 23.2 Å². The van der Waals surface area contributed by atoms with Crippen LogP contribution in [0.5, 0.6) is 0 Å². The second-order valence-electron chi connectivity index (χ2n) is 5.22. The Balaban J connectivity index is 1.88. The second-order valence-corrected chi connectivity index (χ2v) is 6.68. The van der Waals surface area contributed by atoms with Crippen molar-refractivity contribution in [1.29, 1.82) is 0 Å². The maximum absolute atomic E-state index is 12.8. The van der Waals surface area contributed by atoms with Crippen LogP contribution in [0.4, 0.5) is 4.39 Å². The van der Waals surface area contributed by atoms with E-state index in [1.165, 1.54) is 30.4 Å². The van der Waals surface area contributed by atoms with Crippen LogP contribution >= 0.6 is 11.3 Å². The molecule has 1 amide bonds. The standard InChI is InChI=1S/C17H18FNO3S/c1-10-8-15(12(3)23-10)17(21)22-11(2)16(20)19-9-13-4-6-14(18)7-5-13/h4-8,11H,9H2,1-3H3,(H,19,20)/t11-/m0/s1. The molecule has 0 saturated carbocycles. The number of thiophene rings is 1. The van der Waals surface area contributed by atoms with Crippen LogP contribution in [0.1, 0.15) is 32.6 Å². The van der Waals surface area contributed by atoms with Gasteiger partial charge in [-0.15, -0.1) is 11.3 Å². The molecule has 122 valence electrons. The molecule has 23 heavy (non-hydrogen) atoms. The first-order valence-corrected chi connectivity index (χ1v) is 7.98. The zero-order chi connectivity index (χ0) is 17.0. The van der Waals surface area contributed by atoms with E-state index in [9.17, 15) is 14.0 Å². The summed E-state index contributed by atoms with van der Waals surface area (Å²) in [6, 6.07) is 7.58. The summed E-state index contributed by atoms with van der Waals surface area (Å²) in [5, 5.41) is 2.66. The lowest BCUT2D eigenvalue weighted by Gasteiger charge is -2.13. The molecule has 6 heteroatoms. The predicted octanol–water partition coefficient (Wildman–Crippen LogP) is 3.37. The molecule has 0 aliphatic rings. The van der Waals surface area contributed by atoms with E-state index >= 15 is 0 Å². The summed E-state index contributed by atoms with van der Waals surface area (Å²) >= 11 is 1.51. The van der Waals surface area contributed by atoms with Gasteiger partial charge in [-0.25, -0.2) is 9.18 Å². The summed E-state index contributed by atoms with van der Waals surface area (Å²) < 4.78 is 18.0. The minimum Gasteiger partial charge on any atom is -0.449 e. The molecule has 0 spiro atoms. The fraction of sp³-hybridized carbons (Fsp3) is 0.294. The van der Waals surface area contributed by atoms with Crippen LogP contribution in [0.2, 0.25) is 0 Å². The van der Waals surface area contributed by atoms with Crippen molar-refractivity contribution in [3.8, 4) is 0 Å². The number of aryl methyl sites for hydroxylation is 2. The Labute approximate surface area is 138 Å². The van der Waals surface area contributed by atoms with Gasteiger partial charge in [-0.1, -0.05) is 12.1 Å². The molecular weight excluding hydrogens is 317 g/mol. The first-order chi connectivity index (χ1) is 10.9. The van der Waals surface area contributed by atoms with Gasteiger partial charge in [0.05, 0.1) is 5.56 Å². The number of nitrogens with one attached hydrogen (secondary N) is 1. The summed E-state index contributed by atoms with van der Waals surface area (Å²) in [6.07, 6.45) is -0.900. The van der Waals surface area contributed by atoms with Gasteiger partial charge in [-0.05, 0) is 44.5 Å². The maximum Gasteiger partial charge on any atom is 0.340 e. The fourth-order valence-corrected chi connectivity index (χ4v) is 2.96. The van der Waals surface area contributed by atoms with Crippen LogP contribution in [0, 0.1) is 19.7 Å². The van der Waals surface area contributed by atoms with E-state index in [-0.39, 0.29) is 12.4 Å². The van der Waals surface area contributed by atoms with Gasteiger partial charge >= 0.3 is 5.97 Å². The van der Waals surface area contributed by atoms with Crippen molar-refractivity contribution in [3.63, 3.8) is 0 Å². The SMILES string of the molecule is Cc1cc(C(=O)O[C@@H](C)C(=O)NCc2ccc(F)cc2)c(C)s1. The molecule has 0 radical (unpaired) electrons. The van der Waals surface area contributed by atoms with E-state index in [2.05, 4.69) is 5.32 Å². The monoisotopic (exact) mass is 335 g/mol. The van der Waals surface area contributed by atoms with Crippen molar-refractivity contribution in [3.05, 3.63) is 57.0 Å². The highest BCUT2D eigenvalue weighted by Crippen LogP contribution is 2.21. The number of esters is 1. The number of rotatable bonds is 5. The molecule has 0 aliphatic carbocycles. The molecular formula is C17H18FNO3S. The van der Waals surface area contributed by atoms with Gasteiger partial charge in [-0.2, -0.15) is 0 Å². The van der Waals surface area contributed by atoms with Gasteiger partial charge in [0.25, 0.3) is 5.91 Å². The highest BCUT2D eigenvalue weighted by atomic mass is 32.1. The van der Waals surface area contributed by atoms with E-state index in [0.29, 0.717) is 5.56 Å². The lowest BCUT2D eigenvalue weighted by Crippen LogP contribution is -2.35. The van der Waals surface area contributed by atoms with E-state index in [4.69, 9.17) is 4.74 Å². The summed E-state index contributed by atoms with van der Waals surface area (Å²) in [7, 11) is 0. The lowest BCUT2D eigenvalue weighted by molar-refractivity contribution is -0.129. The molecule has 2 aromatic rings. The Morgan fingerprint density at radius 1 is 1.26 bits per heavy atom. The molecule has 1 aromatic heterocycles. The Hall–Kier alpha value is -2.21. The Morgan fingerprint density at radius 2 is 1.91 bits per heavy atom. The Kier molecular flexibility index (Phi) is 5.50. The first-order valence-electron chi connectivity index (χ1n) is 7.17. The molecule has 1 N–H and O–H groups in total. The first kappa shape index (κ1) is 17.1. The largest absolute Gasteiger partial charge is 0.449 e. The van der Waals surface area contributed by atoms with Crippen LogP contribution in [0.25, 0.3) is 0 Å². The van der Waals surface area contributed by atoms with E-state index in [1.807, 2.05) is 13.8 Å². The molecule has 1 atom stereocenters. The molecule has 0 unspecified atom stereocenters. The third-order valence-electron chi connectivity index (χ3n) is 3.29. The van der Waals surface area contributed by atoms with E-state index in [1.54, 1.807) is 18.2 Å². The quantitative estimate of drug-likeness (QED) is 0.853. The van der Waals surface area contributed by atoms with Gasteiger partial charge in [0.2, 0.25) is 0 Å². The molecule has 2 rings (SSSR count). The van der Waals surface area contributed by atoms with Crippen LogP contribution in [0.15, 0.2) is 30.3 Å². The van der Waals surface area contributed by atoms with Gasteiger partial charge in [0.1, 0.15) is 5.82 Å². The van der Waals surface area contributed by atoms with Crippen LogP contribution in [-0.2, 0) is 16.1 Å². The third kappa shape index (κ3) is 4.63. The average Bonchev–Trinajstić information content (AvgIpc) is 2.85. The minimum absolute atomic E-state index is 0.248. The number of ether oxygens (including phenoxy) is 1. The summed E-state index contributed by atoms with van der Waals surface area (Å²) in [6.45, 7) is 5.52. The van der Waals surface area contributed by atoms with E-state index < -0.39 is 18.0 Å². The maximum atomic E-state index is 12.8. The summed E-state index contributed by atoms with van der Waals surface area (Å²) in [5.74, 6) is -1.23. The minimum atomic E-state index is -0.900. The van der Waals surface area contributed by atoms with Crippen molar-refractivity contribution in [2.45, 2.75) is 33.4 Å². The third-order valence-corrected chi connectivity index (χ3v) is 4.26. The van der Waals surface area contributed by atoms with Gasteiger partial charge in [0, 0.05) is 16.3 Å². The number of halogens is 1. The van der Waals surface area contributed by atoms with Gasteiger partial charge < -0.3 is 10.1 Å². The van der Waals surface area contributed by atoms with Gasteiger partial charge in [0.15, 0.2) is 6.10 Å². The number of carbonyl (C=O) groups is 2. The van der Waals surface area contributed by atoms with Crippen molar-refractivity contribution < 1.29 is 18.7 Å². The number of benzene rings is 1. The highest BCUT2D eigenvalue weighted by molar-refractivity contribution is 7.12. The van der Waals surface area contributed by atoms with Gasteiger partial charge in [-0.3, -0.25) is 4.79 Å². The molecule has 0 bridgehead atoms. The number of amides is 1. The van der Waals surface area contributed by atoms with Crippen molar-refractivity contribution in [1.82, 2.24) is 5.32 Å². The second kappa shape index (κ2) is 7.37. The van der Waals surface area contributed by atoms with Crippen molar-refractivity contribution in [2.75, 3.05) is 0 Å². The van der Waals surface area contributed by atoms with Crippen LogP contribution < -0.4 is 5.32 Å². The molecule has 0 saturated heterocycles. The molecule has 0 fully saturated rings. The number of carbonyl (C=O) groups excluding carboxylic acids is 2. The normalized spacial score (nSPS) is 11.8. The predicted molar refractivity (Wildman–Crippen MR) is 86.9 cm³/mol. The fourth-order valence-electron chi connectivity index (χ4n) is 2.05. The molecule has 1 aromatic carbocycles. The zero-order valence-electron chi connectivity index (χ0n) is 13.2. The zero-order valence-corrected chi connectivity index (χ0v) is 14.0. The van der Waals surface area contributed by atoms with E-state index in [0.717, 1.165) is 15.3 Å². The topological polar surface area (TPSA) is 55.4 Å². The number of hydrogen-bond donors (Lipinski definition) is 1. The average molecular weight is 335 g/mol. The molecule has 0 aliphatic heterocycles. The summed E-state index contributed by atoms with van der Waals surface area (Å²) in [5.41, 5.74) is 1.26. The lowest BCUT2D eigenvalue weighted by atomic mass is 10.2. The highest BCUT2D eigenvalue weighted by Gasteiger charge is 2.20. The number of hydrogen-bond acceptors (Lipinski definition) is 4. The van der Waals surface area contributed by atoms with Crippen LogP contribution in [0.3, 0.4) is 0 Å². The Bertz CT molecular complexity index is 709. The Morgan fingerprint density at radius 3 is 2.48 bits per heavy atom. The molecule has 1 heterocycles. The smallest absolute Gasteiger partial charge is 0.340 e.